The van der Waals surface area contributed by atoms with Crippen molar-refractivity contribution < 1.29 is 19.4 Å². The van der Waals surface area contributed by atoms with Crippen LogP contribution in [-0.2, 0) is 0 Å². The highest BCUT2D eigenvalue weighted by Crippen LogP contribution is 2.30. The van der Waals surface area contributed by atoms with Gasteiger partial charge in [0.05, 0.1) is 18.3 Å². The van der Waals surface area contributed by atoms with E-state index in [4.69, 9.17) is 14.6 Å². The molecule has 0 aliphatic rings. The van der Waals surface area contributed by atoms with E-state index in [0.29, 0.717) is 30.0 Å². The van der Waals surface area contributed by atoms with E-state index >= 15 is 0 Å². The lowest BCUT2D eigenvalue weighted by Gasteiger charge is -2.14. The largest absolute Gasteiger partial charge is 0.490 e. The molecule has 1 aromatic carbocycles. The third kappa shape index (κ3) is 3.24. The van der Waals surface area contributed by atoms with Crippen LogP contribution in [0.4, 0.5) is 0 Å². The molecule has 1 N–H and O–H groups in total. The fraction of sp³-hybridized carbons (Fsp3) is 0.417. The van der Waals surface area contributed by atoms with Gasteiger partial charge < -0.3 is 14.6 Å². The highest BCUT2D eigenvalue weighted by atomic mass is 16.5. The van der Waals surface area contributed by atoms with Crippen LogP contribution >= 0.6 is 0 Å². The van der Waals surface area contributed by atoms with E-state index in [9.17, 15) is 4.79 Å². The molecule has 0 aliphatic carbocycles. The fourth-order valence-corrected chi connectivity index (χ4v) is 1.25. The van der Waals surface area contributed by atoms with Gasteiger partial charge in [0.25, 0.3) is 0 Å². The average molecular weight is 224 g/mol. The lowest BCUT2D eigenvalue weighted by molar-refractivity contribution is 0.108. The van der Waals surface area contributed by atoms with Gasteiger partial charge in [-0.25, -0.2) is 0 Å². The quantitative estimate of drug-likeness (QED) is 0.746. The molecule has 4 nitrogen and oxygen atoms in total. The average Bonchev–Trinajstić information content (AvgIpc) is 2.27. The van der Waals surface area contributed by atoms with Crippen LogP contribution in [0.15, 0.2) is 18.2 Å². The van der Waals surface area contributed by atoms with Gasteiger partial charge in [0.2, 0.25) is 0 Å². The van der Waals surface area contributed by atoms with Gasteiger partial charge in [-0.15, -0.1) is 0 Å². The van der Waals surface area contributed by atoms with E-state index in [0.717, 1.165) is 0 Å². The third-order valence-corrected chi connectivity index (χ3v) is 1.91. The summed E-state index contributed by atoms with van der Waals surface area (Å²) in [6.07, 6.45) is 0.120. The number of carbonyl (C=O) groups excluding carboxylic acids is 1. The molecule has 0 heterocycles. The highest BCUT2D eigenvalue weighted by molar-refractivity contribution is 5.81. The maximum absolute atomic E-state index is 10.8. The zero-order chi connectivity index (χ0) is 12.0. The lowest BCUT2D eigenvalue weighted by atomic mass is 10.2. The molecule has 0 saturated carbocycles. The van der Waals surface area contributed by atoms with Crippen LogP contribution in [-0.4, -0.2) is 30.7 Å². The van der Waals surface area contributed by atoms with Crippen LogP contribution in [0.3, 0.4) is 0 Å². The summed E-state index contributed by atoms with van der Waals surface area (Å²) >= 11 is 0. The van der Waals surface area contributed by atoms with Crippen molar-refractivity contribution in [2.75, 3.05) is 13.2 Å². The Morgan fingerprint density at radius 1 is 1.44 bits per heavy atom. The van der Waals surface area contributed by atoms with Crippen molar-refractivity contribution >= 4 is 6.29 Å². The second kappa shape index (κ2) is 6.12. The van der Waals surface area contributed by atoms with E-state index in [1.54, 1.807) is 25.1 Å². The van der Waals surface area contributed by atoms with E-state index < -0.39 is 6.10 Å². The Morgan fingerprint density at radius 2 is 2.19 bits per heavy atom. The van der Waals surface area contributed by atoms with E-state index in [2.05, 4.69) is 0 Å². The molecular weight excluding hydrogens is 208 g/mol. The Kier molecular flexibility index (Phi) is 4.79. The zero-order valence-corrected chi connectivity index (χ0v) is 9.47. The summed E-state index contributed by atoms with van der Waals surface area (Å²) in [6, 6.07) is 5.10. The number of aliphatic hydroxyl groups is 1. The molecule has 0 amide bonds. The SMILES string of the molecule is CCOc1cccc(C=O)c1OCC(C)O. The first-order valence-corrected chi connectivity index (χ1v) is 5.20. The molecule has 0 radical (unpaired) electrons. The van der Waals surface area contributed by atoms with Gasteiger partial charge in [-0.1, -0.05) is 6.07 Å². The number of para-hydroxylation sites is 1. The van der Waals surface area contributed by atoms with Gasteiger partial charge in [0, 0.05) is 0 Å². The summed E-state index contributed by atoms with van der Waals surface area (Å²) in [4.78, 5) is 10.8. The third-order valence-electron chi connectivity index (χ3n) is 1.91. The molecule has 1 rings (SSSR count). The van der Waals surface area contributed by atoms with Crippen LogP contribution in [0.25, 0.3) is 0 Å². The standard InChI is InChI=1S/C12H16O4/c1-3-15-11-6-4-5-10(7-13)12(11)16-8-9(2)14/h4-7,9,14H,3,8H2,1-2H3. The Morgan fingerprint density at radius 3 is 2.75 bits per heavy atom. The number of hydrogen-bond acceptors (Lipinski definition) is 4. The maximum atomic E-state index is 10.8. The maximum Gasteiger partial charge on any atom is 0.171 e. The molecule has 4 heteroatoms. The van der Waals surface area contributed by atoms with Crippen molar-refractivity contribution in [3.05, 3.63) is 23.8 Å². The van der Waals surface area contributed by atoms with Crippen molar-refractivity contribution in [1.82, 2.24) is 0 Å². The molecule has 88 valence electrons. The molecule has 0 bridgehead atoms. The Labute approximate surface area is 94.8 Å². The van der Waals surface area contributed by atoms with E-state index in [1.165, 1.54) is 0 Å². The topological polar surface area (TPSA) is 55.8 Å². The summed E-state index contributed by atoms with van der Waals surface area (Å²) in [5, 5.41) is 9.14. The van der Waals surface area contributed by atoms with Crippen LogP contribution < -0.4 is 9.47 Å². The number of rotatable bonds is 6. The molecule has 1 unspecified atom stereocenters. The second-order valence-corrected chi connectivity index (χ2v) is 3.39. The molecule has 1 atom stereocenters. The highest BCUT2D eigenvalue weighted by Gasteiger charge is 2.11. The van der Waals surface area contributed by atoms with Crippen molar-refractivity contribution in [3.8, 4) is 11.5 Å². The zero-order valence-electron chi connectivity index (χ0n) is 9.47. The van der Waals surface area contributed by atoms with Crippen molar-refractivity contribution in [1.29, 1.82) is 0 Å². The molecule has 0 aliphatic heterocycles. The van der Waals surface area contributed by atoms with Crippen molar-refractivity contribution in [2.45, 2.75) is 20.0 Å². The van der Waals surface area contributed by atoms with Gasteiger partial charge in [-0.2, -0.15) is 0 Å². The summed E-state index contributed by atoms with van der Waals surface area (Å²) in [6.45, 7) is 4.09. The smallest absolute Gasteiger partial charge is 0.171 e. The number of aldehydes is 1. The van der Waals surface area contributed by atoms with Gasteiger partial charge in [0.1, 0.15) is 6.61 Å². The minimum atomic E-state index is -0.589. The molecule has 0 fully saturated rings. The molecule has 0 aromatic heterocycles. The number of carbonyl (C=O) groups is 1. The number of benzene rings is 1. The fourth-order valence-electron chi connectivity index (χ4n) is 1.25. The first-order chi connectivity index (χ1) is 7.69. The summed E-state index contributed by atoms with van der Waals surface area (Å²) in [5.41, 5.74) is 0.423. The van der Waals surface area contributed by atoms with Crippen molar-refractivity contribution in [2.24, 2.45) is 0 Å². The molecular formula is C12H16O4. The molecule has 0 saturated heterocycles. The lowest BCUT2D eigenvalue weighted by Crippen LogP contribution is -2.14. The normalized spacial score (nSPS) is 11.9. The van der Waals surface area contributed by atoms with Gasteiger partial charge in [-0.3, -0.25) is 4.79 Å². The molecule has 0 spiro atoms. The van der Waals surface area contributed by atoms with Crippen LogP contribution in [0.2, 0.25) is 0 Å². The number of aliphatic hydroxyl groups excluding tert-OH is 1. The van der Waals surface area contributed by atoms with Crippen LogP contribution in [0, 0.1) is 0 Å². The minimum Gasteiger partial charge on any atom is -0.490 e. The van der Waals surface area contributed by atoms with Crippen LogP contribution in [0.1, 0.15) is 24.2 Å². The van der Waals surface area contributed by atoms with Crippen LogP contribution in [0.5, 0.6) is 11.5 Å². The van der Waals surface area contributed by atoms with Crippen molar-refractivity contribution in [3.63, 3.8) is 0 Å². The van der Waals surface area contributed by atoms with Gasteiger partial charge >= 0.3 is 0 Å². The summed E-state index contributed by atoms with van der Waals surface area (Å²) in [7, 11) is 0. The Balaban J connectivity index is 2.94. The van der Waals surface area contributed by atoms with Gasteiger partial charge in [-0.05, 0) is 26.0 Å². The molecule has 16 heavy (non-hydrogen) atoms. The van der Waals surface area contributed by atoms with E-state index in [1.807, 2.05) is 6.92 Å². The minimum absolute atomic E-state index is 0.130. The summed E-state index contributed by atoms with van der Waals surface area (Å²) in [5.74, 6) is 0.910. The molecule has 1 aromatic rings. The van der Waals surface area contributed by atoms with E-state index in [-0.39, 0.29) is 6.61 Å². The predicted octanol–water partition coefficient (Wildman–Crippen LogP) is 1.66. The monoisotopic (exact) mass is 224 g/mol. The predicted molar refractivity (Wildman–Crippen MR) is 60.2 cm³/mol. The summed E-state index contributed by atoms with van der Waals surface area (Å²) < 4.78 is 10.7. The Bertz CT molecular complexity index is 347. The number of hydrogen-bond donors (Lipinski definition) is 1. The Hall–Kier alpha value is -1.55. The first-order valence-electron chi connectivity index (χ1n) is 5.20. The first kappa shape index (κ1) is 12.5. The van der Waals surface area contributed by atoms with Gasteiger partial charge in [0.15, 0.2) is 17.8 Å². The number of ether oxygens (including phenoxy) is 2. The second-order valence-electron chi connectivity index (χ2n) is 3.39.